The summed E-state index contributed by atoms with van der Waals surface area (Å²) in [5, 5.41) is 0. The van der Waals surface area contributed by atoms with Crippen molar-refractivity contribution in [3.8, 4) is 44.5 Å². The molecule has 0 heterocycles. The van der Waals surface area contributed by atoms with E-state index in [0.29, 0.717) is 0 Å². The molecule has 1 nitrogen and oxygen atoms in total. The van der Waals surface area contributed by atoms with Crippen LogP contribution in [0.1, 0.15) is 22.3 Å². The molecule has 1 aliphatic rings. The van der Waals surface area contributed by atoms with E-state index in [1.165, 1.54) is 66.8 Å². The van der Waals surface area contributed by atoms with Gasteiger partial charge in [-0.25, -0.2) is 0 Å². The zero-order valence-corrected chi connectivity index (χ0v) is 31.0. The molecule has 9 aromatic rings. The third kappa shape index (κ3) is 5.56. The molecule has 1 aliphatic carbocycles. The Hall–Kier alpha value is -7.22. The van der Waals surface area contributed by atoms with E-state index in [9.17, 15) is 0 Å². The maximum Gasteiger partial charge on any atom is 0.0714 e. The molecule has 0 aromatic heterocycles. The van der Waals surface area contributed by atoms with Gasteiger partial charge in [-0.2, -0.15) is 0 Å². The number of hydrogen-bond donors (Lipinski definition) is 0. The maximum absolute atomic E-state index is 2.46. The highest BCUT2D eigenvalue weighted by Gasteiger charge is 2.46. The van der Waals surface area contributed by atoms with Crippen LogP contribution in [0.2, 0.25) is 0 Å². The van der Waals surface area contributed by atoms with Gasteiger partial charge in [-0.1, -0.05) is 206 Å². The Balaban J connectivity index is 1.23. The Labute approximate surface area is 329 Å². The fourth-order valence-corrected chi connectivity index (χ4v) is 8.92. The SMILES string of the molecule is c1ccc(-c2ccc(N(c3ccc4c(c3)C(c3ccccc3)(c3ccccc3)c3ccccc3-4)c3ccccc3-c3ccccc3-c3ccccc3)cc2)cc1. The zero-order chi connectivity index (χ0) is 37.3. The molecule has 0 radical (unpaired) electrons. The smallest absolute Gasteiger partial charge is 0.0714 e. The minimum absolute atomic E-state index is 0.507. The quantitative estimate of drug-likeness (QED) is 0.152. The number of benzene rings is 9. The first kappa shape index (κ1) is 33.4. The van der Waals surface area contributed by atoms with Crippen molar-refractivity contribution in [2.75, 3.05) is 4.90 Å². The third-order valence-electron chi connectivity index (χ3n) is 11.4. The van der Waals surface area contributed by atoms with E-state index in [1.807, 2.05) is 0 Å². The molecule has 0 N–H and O–H groups in total. The van der Waals surface area contributed by atoms with Gasteiger partial charge in [0.25, 0.3) is 0 Å². The van der Waals surface area contributed by atoms with Gasteiger partial charge < -0.3 is 4.90 Å². The van der Waals surface area contributed by atoms with Crippen LogP contribution in [0, 0.1) is 0 Å². The molecule has 0 amide bonds. The Morgan fingerprint density at radius 3 is 1.36 bits per heavy atom. The summed E-state index contributed by atoms with van der Waals surface area (Å²) in [5.41, 5.74) is 17.6. The lowest BCUT2D eigenvalue weighted by atomic mass is 9.67. The van der Waals surface area contributed by atoms with Crippen LogP contribution < -0.4 is 4.90 Å². The van der Waals surface area contributed by atoms with Gasteiger partial charge in [-0.15, -0.1) is 0 Å². The molecule has 264 valence electrons. The van der Waals surface area contributed by atoms with Gasteiger partial charge in [0, 0.05) is 16.9 Å². The summed E-state index contributed by atoms with van der Waals surface area (Å²) in [6, 6.07) is 86.2. The maximum atomic E-state index is 2.46. The highest BCUT2D eigenvalue weighted by molar-refractivity contribution is 5.95. The van der Waals surface area contributed by atoms with Crippen LogP contribution in [0.5, 0.6) is 0 Å². The van der Waals surface area contributed by atoms with Gasteiger partial charge in [0.05, 0.1) is 11.1 Å². The molecule has 0 spiro atoms. The van der Waals surface area contributed by atoms with E-state index >= 15 is 0 Å². The lowest BCUT2D eigenvalue weighted by Gasteiger charge is -2.35. The molecule has 0 unspecified atom stereocenters. The van der Waals surface area contributed by atoms with Crippen molar-refractivity contribution in [3.05, 3.63) is 259 Å². The zero-order valence-electron chi connectivity index (χ0n) is 31.0. The van der Waals surface area contributed by atoms with Crippen molar-refractivity contribution >= 4 is 17.1 Å². The summed E-state index contributed by atoms with van der Waals surface area (Å²) in [5.74, 6) is 0. The number of para-hydroxylation sites is 1. The molecule has 0 atom stereocenters. The molecule has 1 heteroatoms. The summed E-state index contributed by atoms with van der Waals surface area (Å²) in [4.78, 5) is 2.45. The average Bonchev–Trinajstić information content (AvgIpc) is 3.58. The van der Waals surface area contributed by atoms with Crippen LogP contribution in [0.3, 0.4) is 0 Å². The first-order chi connectivity index (χ1) is 27.8. The number of rotatable bonds is 8. The Kier molecular flexibility index (Phi) is 8.46. The van der Waals surface area contributed by atoms with Crippen LogP contribution in [0.25, 0.3) is 44.5 Å². The molecule has 0 saturated heterocycles. The van der Waals surface area contributed by atoms with Gasteiger partial charge in [-0.05, 0) is 91.5 Å². The Morgan fingerprint density at radius 1 is 0.268 bits per heavy atom. The van der Waals surface area contributed by atoms with Crippen LogP contribution in [0.15, 0.2) is 237 Å². The average molecular weight is 714 g/mol. The fraction of sp³-hybridized carbons (Fsp3) is 0.0182. The standard InChI is InChI=1S/C55H39N/c1-5-19-40(20-6-1)41-33-35-45(36-34-41)56(54-32-18-16-30-51(54)48-28-14-13-27-47(48)42-21-7-2-8-22-42)46-37-38-50-49-29-15-17-31-52(49)55(53(50)39-46,43-23-9-3-10-24-43)44-25-11-4-12-26-44/h1-39H. The molecular formula is C55H39N. The van der Waals surface area contributed by atoms with Crippen LogP contribution >= 0.6 is 0 Å². The van der Waals surface area contributed by atoms with E-state index in [1.54, 1.807) is 0 Å². The Bertz CT molecular complexity index is 2730. The van der Waals surface area contributed by atoms with Gasteiger partial charge >= 0.3 is 0 Å². The van der Waals surface area contributed by atoms with E-state index in [-0.39, 0.29) is 0 Å². The molecule has 0 bridgehead atoms. The predicted molar refractivity (Wildman–Crippen MR) is 235 cm³/mol. The Morgan fingerprint density at radius 2 is 0.714 bits per heavy atom. The second-order valence-corrected chi connectivity index (χ2v) is 14.4. The molecule has 0 saturated carbocycles. The number of hydrogen-bond acceptors (Lipinski definition) is 1. The molecule has 0 aliphatic heterocycles. The van der Waals surface area contributed by atoms with Crippen molar-refractivity contribution in [2.45, 2.75) is 5.41 Å². The number of fused-ring (bicyclic) bond motifs is 3. The molecule has 0 fully saturated rings. The fourth-order valence-electron chi connectivity index (χ4n) is 8.92. The predicted octanol–water partition coefficient (Wildman–Crippen LogP) is 14.5. The molecule has 9 aromatic carbocycles. The minimum Gasteiger partial charge on any atom is -0.310 e. The lowest BCUT2D eigenvalue weighted by Crippen LogP contribution is -2.28. The van der Waals surface area contributed by atoms with Crippen LogP contribution in [-0.4, -0.2) is 0 Å². The summed E-state index contributed by atoms with van der Waals surface area (Å²) in [7, 11) is 0. The number of anilines is 3. The molecular weight excluding hydrogens is 675 g/mol. The summed E-state index contributed by atoms with van der Waals surface area (Å²) < 4.78 is 0. The summed E-state index contributed by atoms with van der Waals surface area (Å²) in [6.45, 7) is 0. The van der Waals surface area contributed by atoms with Gasteiger partial charge in [0.2, 0.25) is 0 Å². The topological polar surface area (TPSA) is 3.24 Å². The lowest BCUT2D eigenvalue weighted by molar-refractivity contribution is 0.768. The van der Waals surface area contributed by atoms with Gasteiger partial charge in [0.15, 0.2) is 0 Å². The van der Waals surface area contributed by atoms with Crippen molar-refractivity contribution in [3.63, 3.8) is 0 Å². The normalized spacial score (nSPS) is 12.4. The summed E-state index contributed by atoms with van der Waals surface area (Å²) >= 11 is 0. The second kappa shape index (κ2) is 14.2. The highest BCUT2D eigenvalue weighted by atomic mass is 15.1. The monoisotopic (exact) mass is 713 g/mol. The highest BCUT2D eigenvalue weighted by Crippen LogP contribution is 2.57. The van der Waals surface area contributed by atoms with Crippen molar-refractivity contribution in [1.29, 1.82) is 0 Å². The van der Waals surface area contributed by atoms with Crippen LogP contribution in [-0.2, 0) is 5.41 Å². The molecule has 10 rings (SSSR count). The summed E-state index contributed by atoms with van der Waals surface area (Å²) in [6.07, 6.45) is 0. The van der Waals surface area contributed by atoms with Crippen LogP contribution in [0.4, 0.5) is 17.1 Å². The first-order valence-electron chi connectivity index (χ1n) is 19.4. The largest absolute Gasteiger partial charge is 0.310 e. The second-order valence-electron chi connectivity index (χ2n) is 14.4. The number of nitrogens with zero attached hydrogens (tertiary/aromatic N) is 1. The van der Waals surface area contributed by atoms with E-state index in [2.05, 4.69) is 241 Å². The van der Waals surface area contributed by atoms with Crippen molar-refractivity contribution in [1.82, 2.24) is 0 Å². The van der Waals surface area contributed by atoms with E-state index in [4.69, 9.17) is 0 Å². The third-order valence-corrected chi connectivity index (χ3v) is 11.4. The van der Waals surface area contributed by atoms with Gasteiger partial charge in [0.1, 0.15) is 0 Å². The first-order valence-corrected chi connectivity index (χ1v) is 19.4. The minimum atomic E-state index is -0.507. The van der Waals surface area contributed by atoms with E-state index < -0.39 is 5.41 Å². The van der Waals surface area contributed by atoms with Crippen molar-refractivity contribution in [2.24, 2.45) is 0 Å². The van der Waals surface area contributed by atoms with Crippen molar-refractivity contribution < 1.29 is 0 Å². The molecule has 56 heavy (non-hydrogen) atoms. The van der Waals surface area contributed by atoms with Gasteiger partial charge in [-0.3, -0.25) is 0 Å². The van der Waals surface area contributed by atoms with E-state index in [0.717, 1.165) is 17.1 Å².